The Morgan fingerprint density at radius 3 is 2.62 bits per heavy atom. The Morgan fingerprint density at radius 2 is 1.96 bits per heavy atom. The van der Waals surface area contributed by atoms with Crippen LogP contribution < -0.4 is 5.32 Å². The number of nitrogens with zero attached hydrogens (tertiary/aromatic N) is 2. The number of benzene rings is 1. The molecule has 0 aliphatic carbocycles. The summed E-state index contributed by atoms with van der Waals surface area (Å²) in [7, 11) is 0. The fraction of sp³-hybridized carbons (Fsp3) is 0.474. The van der Waals surface area contributed by atoms with Crippen molar-refractivity contribution in [3.8, 4) is 10.4 Å². The summed E-state index contributed by atoms with van der Waals surface area (Å²) < 4.78 is 0. The van der Waals surface area contributed by atoms with Crippen LogP contribution in [0.15, 0.2) is 30.3 Å². The van der Waals surface area contributed by atoms with Gasteiger partial charge in [0.2, 0.25) is 0 Å². The SMILES string of the molecule is Cc1nc(C(=O)N[C@@H]2C3CCN(CC3)[C@@H]2C)sc1-c1ccccc1. The van der Waals surface area contributed by atoms with Gasteiger partial charge in [-0.2, -0.15) is 0 Å². The molecule has 0 spiro atoms. The van der Waals surface area contributed by atoms with Gasteiger partial charge in [0.1, 0.15) is 0 Å². The smallest absolute Gasteiger partial charge is 0.280 e. The number of aryl methyl sites for hydroxylation is 1. The van der Waals surface area contributed by atoms with Crippen molar-refractivity contribution < 1.29 is 4.79 Å². The molecule has 1 aromatic carbocycles. The molecule has 1 amide bonds. The largest absolute Gasteiger partial charge is 0.345 e. The maximum absolute atomic E-state index is 12.7. The molecule has 5 heteroatoms. The maximum atomic E-state index is 12.7. The van der Waals surface area contributed by atoms with E-state index in [0.29, 0.717) is 17.0 Å². The van der Waals surface area contributed by atoms with E-state index in [1.165, 1.54) is 37.3 Å². The van der Waals surface area contributed by atoms with E-state index in [1.54, 1.807) is 0 Å². The van der Waals surface area contributed by atoms with Crippen LogP contribution in [0.3, 0.4) is 0 Å². The van der Waals surface area contributed by atoms with Crippen LogP contribution >= 0.6 is 11.3 Å². The van der Waals surface area contributed by atoms with Gasteiger partial charge in [0.15, 0.2) is 5.01 Å². The second-order valence-electron chi connectivity index (χ2n) is 6.91. The molecule has 4 nitrogen and oxygen atoms in total. The zero-order valence-electron chi connectivity index (χ0n) is 14.2. The molecule has 2 bridgehead atoms. The zero-order valence-corrected chi connectivity index (χ0v) is 15.0. The van der Waals surface area contributed by atoms with E-state index in [4.69, 9.17) is 0 Å². The van der Waals surface area contributed by atoms with Crippen molar-refractivity contribution in [1.29, 1.82) is 0 Å². The Morgan fingerprint density at radius 1 is 1.25 bits per heavy atom. The third-order valence-electron chi connectivity index (χ3n) is 5.50. The molecule has 1 N–H and O–H groups in total. The van der Waals surface area contributed by atoms with Gasteiger partial charge in [-0.3, -0.25) is 9.69 Å². The molecule has 24 heavy (non-hydrogen) atoms. The van der Waals surface area contributed by atoms with Crippen molar-refractivity contribution in [1.82, 2.24) is 15.2 Å². The molecular weight excluding hydrogens is 318 g/mol. The average molecular weight is 341 g/mol. The van der Waals surface area contributed by atoms with Crippen LogP contribution in [-0.4, -0.2) is 41.0 Å². The van der Waals surface area contributed by atoms with Crippen molar-refractivity contribution in [2.45, 2.75) is 38.8 Å². The summed E-state index contributed by atoms with van der Waals surface area (Å²) in [5.41, 5.74) is 2.06. The summed E-state index contributed by atoms with van der Waals surface area (Å²) >= 11 is 1.49. The van der Waals surface area contributed by atoms with E-state index in [9.17, 15) is 4.79 Å². The molecule has 1 aromatic heterocycles. The first-order valence-corrected chi connectivity index (χ1v) is 9.53. The van der Waals surface area contributed by atoms with Crippen LogP contribution in [0.1, 0.15) is 35.3 Å². The van der Waals surface area contributed by atoms with Crippen LogP contribution in [-0.2, 0) is 0 Å². The van der Waals surface area contributed by atoms with Crippen LogP contribution in [0.2, 0.25) is 0 Å². The van der Waals surface area contributed by atoms with Gasteiger partial charge in [-0.1, -0.05) is 30.3 Å². The number of carbonyl (C=O) groups is 1. The third-order valence-corrected chi connectivity index (χ3v) is 6.71. The van der Waals surface area contributed by atoms with Gasteiger partial charge < -0.3 is 5.32 Å². The Kier molecular flexibility index (Phi) is 4.14. The summed E-state index contributed by atoms with van der Waals surface area (Å²) in [6, 6.07) is 10.9. The van der Waals surface area contributed by atoms with Crippen LogP contribution in [0.5, 0.6) is 0 Å². The van der Waals surface area contributed by atoms with Gasteiger partial charge in [0.25, 0.3) is 5.91 Å². The van der Waals surface area contributed by atoms with Crippen LogP contribution in [0.4, 0.5) is 0 Å². The van der Waals surface area contributed by atoms with Crippen molar-refractivity contribution >= 4 is 17.2 Å². The van der Waals surface area contributed by atoms with Crippen molar-refractivity contribution in [3.05, 3.63) is 41.0 Å². The fourth-order valence-corrected chi connectivity index (χ4v) is 5.08. The Bertz CT molecular complexity index is 732. The zero-order chi connectivity index (χ0) is 16.7. The molecule has 126 valence electrons. The van der Waals surface area contributed by atoms with E-state index in [2.05, 4.69) is 34.3 Å². The van der Waals surface area contributed by atoms with E-state index < -0.39 is 0 Å². The summed E-state index contributed by atoms with van der Waals surface area (Å²) in [4.78, 5) is 20.9. The molecule has 0 radical (unpaired) electrons. The molecule has 0 unspecified atom stereocenters. The molecule has 5 rings (SSSR count). The summed E-state index contributed by atoms with van der Waals surface area (Å²) in [6.45, 7) is 6.56. The lowest BCUT2D eigenvalue weighted by atomic mass is 9.79. The van der Waals surface area contributed by atoms with Crippen LogP contribution in [0.25, 0.3) is 10.4 Å². The number of hydrogen-bond donors (Lipinski definition) is 1. The first kappa shape index (κ1) is 15.8. The topological polar surface area (TPSA) is 45.2 Å². The number of aromatic nitrogens is 1. The number of rotatable bonds is 3. The molecule has 2 aromatic rings. The number of amides is 1. The van der Waals surface area contributed by atoms with Gasteiger partial charge in [-0.25, -0.2) is 4.98 Å². The van der Waals surface area contributed by atoms with Crippen molar-refractivity contribution in [3.63, 3.8) is 0 Å². The quantitative estimate of drug-likeness (QED) is 0.931. The number of nitrogens with one attached hydrogen (secondary N) is 1. The summed E-state index contributed by atoms with van der Waals surface area (Å²) in [5, 5.41) is 3.85. The number of thiazole rings is 1. The lowest BCUT2D eigenvalue weighted by Crippen LogP contribution is -2.62. The summed E-state index contributed by atoms with van der Waals surface area (Å²) in [5.74, 6) is 0.597. The minimum Gasteiger partial charge on any atom is -0.345 e. The highest BCUT2D eigenvalue weighted by molar-refractivity contribution is 7.17. The van der Waals surface area contributed by atoms with Crippen molar-refractivity contribution in [2.24, 2.45) is 5.92 Å². The van der Waals surface area contributed by atoms with Gasteiger partial charge >= 0.3 is 0 Å². The second-order valence-corrected chi connectivity index (χ2v) is 7.91. The highest BCUT2D eigenvalue weighted by Gasteiger charge is 2.40. The Balaban J connectivity index is 1.53. The van der Waals surface area contributed by atoms with Crippen LogP contribution in [0, 0.1) is 12.8 Å². The first-order chi connectivity index (χ1) is 11.6. The monoisotopic (exact) mass is 341 g/mol. The highest BCUT2D eigenvalue weighted by atomic mass is 32.1. The van der Waals surface area contributed by atoms with Gasteiger partial charge in [-0.15, -0.1) is 11.3 Å². The number of fused-ring (bicyclic) bond motifs is 3. The predicted molar refractivity (Wildman–Crippen MR) is 97.3 cm³/mol. The normalized spacial score (nSPS) is 28.8. The lowest BCUT2D eigenvalue weighted by Gasteiger charge is -2.49. The molecule has 0 saturated carbocycles. The lowest BCUT2D eigenvalue weighted by molar-refractivity contribution is 0.0217. The first-order valence-electron chi connectivity index (χ1n) is 8.71. The second kappa shape index (κ2) is 6.30. The van der Waals surface area contributed by atoms with E-state index >= 15 is 0 Å². The minimum absolute atomic E-state index is 0.0177. The fourth-order valence-electron chi connectivity index (χ4n) is 4.11. The maximum Gasteiger partial charge on any atom is 0.280 e. The minimum atomic E-state index is -0.0177. The van der Waals surface area contributed by atoms with Gasteiger partial charge in [0.05, 0.1) is 10.6 Å². The average Bonchev–Trinajstić information content (AvgIpc) is 3.01. The third kappa shape index (κ3) is 2.76. The van der Waals surface area contributed by atoms with Gasteiger partial charge in [-0.05, 0) is 51.3 Å². The van der Waals surface area contributed by atoms with E-state index in [1.807, 2.05) is 25.1 Å². The Hall–Kier alpha value is -1.72. The van der Waals surface area contributed by atoms with E-state index in [-0.39, 0.29) is 11.9 Å². The number of hydrogen-bond acceptors (Lipinski definition) is 4. The van der Waals surface area contributed by atoms with Gasteiger partial charge in [0, 0.05) is 12.1 Å². The molecule has 4 heterocycles. The highest BCUT2D eigenvalue weighted by Crippen LogP contribution is 2.33. The molecule has 3 aliphatic heterocycles. The number of piperidine rings is 3. The standard InChI is InChI=1S/C19H23N3OS/c1-12-17(15-6-4-3-5-7-15)24-19(20-12)18(23)21-16-13(2)22-10-8-14(16)9-11-22/h3-7,13-14,16H,8-11H2,1-2H3,(H,21,23)/t13-,16+/m1/s1. The molecule has 3 saturated heterocycles. The predicted octanol–water partition coefficient (Wildman–Crippen LogP) is 3.33. The Labute approximate surface area is 146 Å². The molecule has 3 fully saturated rings. The number of carbonyl (C=O) groups excluding carboxylic acids is 1. The molecular formula is C19H23N3OS. The molecule has 3 aliphatic rings. The van der Waals surface area contributed by atoms with Crippen molar-refractivity contribution in [2.75, 3.05) is 13.1 Å². The van der Waals surface area contributed by atoms with E-state index in [0.717, 1.165) is 16.1 Å². The summed E-state index contributed by atoms with van der Waals surface area (Å²) in [6.07, 6.45) is 2.39. The molecule has 2 atom stereocenters.